The highest BCUT2D eigenvalue weighted by Crippen LogP contribution is 2.39. The standard InChI is InChI=1S/C34H52N4O4S/c39-29-25(23-43-20-12-18-38-32(41)26-13-8-9-14-27(26)33(38)42)21-28(30(29)40)37-19-15-24-22-35-34(36-31(24)37)16-10-6-4-2-1-3-5-7-11-17-34/h8-9,13-14,24-25,28-31,35-36,39-40H,1-7,10-12,15-23H2/t24?,25-,28-,29-,30+,31?/m1/s1. The lowest BCUT2D eigenvalue weighted by Crippen LogP contribution is -2.70. The maximum atomic E-state index is 12.6. The molecular formula is C34H52N4O4S. The number of amides is 2. The van der Waals surface area contributed by atoms with Crippen molar-refractivity contribution < 1.29 is 19.8 Å². The van der Waals surface area contributed by atoms with Gasteiger partial charge in [-0.15, -0.1) is 0 Å². The van der Waals surface area contributed by atoms with Gasteiger partial charge in [0.2, 0.25) is 0 Å². The van der Waals surface area contributed by atoms with Gasteiger partial charge < -0.3 is 10.2 Å². The molecule has 5 aliphatic rings. The number of rotatable bonds is 7. The lowest BCUT2D eigenvalue weighted by atomic mass is 9.88. The number of aliphatic hydroxyl groups is 2. The third-order valence-corrected chi connectivity index (χ3v) is 12.2. The van der Waals surface area contributed by atoms with Gasteiger partial charge in [-0.05, 0) is 61.7 Å². The molecule has 2 amide bonds. The Labute approximate surface area is 261 Å². The van der Waals surface area contributed by atoms with Gasteiger partial charge in [-0.1, -0.05) is 69.9 Å². The molecule has 43 heavy (non-hydrogen) atoms. The summed E-state index contributed by atoms with van der Waals surface area (Å²) in [6, 6.07) is 7.00. The summed E-state index contributed by atoms with van der Waals surface area (Å²) in [5, 5.41) is 30.4. The monoisotopic (exact) mass is 612 g/mol. The third-order valence-electron chi connectivity index (χ3n) is 11.0. The molecule has 2 saturated heterocycles. The first-order valence-electron chi connectivity index (χ1n) is 17.1. The number of imide groups is 1. The summed E-state index contributed by atoms with van der Waals surface area (Å²) in [7, 11) is 0. The smallest absolute Gasteiger partial charge is 0.261 e. The van der Waals surface area contributed by atoms with Crippen molar-refractivity contribution >= 4 is 23.6 Å². The van der Waals surface area contributed by atoms with Gasteiger partial charge in [-0.2, -0.15) is 11.8 Å². The van der Waals surface area contributed by atoms with E-state index in [1.165, 1.54) is 75.5 Å². The van der Waals surface area contributed by atoms with E-state index in [1.54, 1.807) is 36.0 Å². The summed E-state index contributed by atoms with van der Waals surface area (Å²) in [5.74, 6) is 1.76. The second-order valence-corrected chi connectivity index (χ2v) is 15.0. The Morgan fingerprint density at radius 2 is 1.51 bits per heavy atom. The molecule has 238 valence electrons. The lowest BCUT2D eigenvalue weighted by Gasteiger charge is -2.49. The maximum absolute atomic E-state index is 12.6. The second kappa shape index (κ2) is 14.3. The molecule has 4 fully saturated rings. The van der Waals surface area contributed by atoms with Crippen LogP contribution in [0.2, 0.25) is 0 Å². The highest BCUT2D eigenvalue weighted by Gasteiger charge is 2.51. The van der Waals surface area contributed by atoms with Crippen LogP contribution in [0.3, 0.4) is 0 Å². The van der Waals surface area contributed by atoms with E-state index < -0.39 is 12.2 Å². The van der Waals surface area contributed by atoms with Crippen LogP contribution in [-0.2, 0) is 0 Å². The van der Waals surface area contributed by atoms with Crippen LogP contribution in [-0.4, -0.2) is 93.0 Å². The predicted molar refractivity (Wildman–Crippen MR) is 171 cm³/mol. The van der Waals surface area contributed by atoms with Gasteiger partial charge >= 0.3 is 0 Å². The van der Waals surface area contributed by atoms with Crippen LogP contribution in [0.25, 0.3) is 0 Å². The Morgan fingerprint density at radius 1 is 0.884 bits per heavy atom. The van der Waals surface area contributed by atoms with Gasteiger partial charge in [0.15, 0.2) is 0 Å². The molecule has 8 nitrogen and oxygen atoms in total. The zero-order valence-electron chi connectivity index (χ0n) is 25.7. The third kappa shape index (κ3) is 6.87. The summed E-state index contributed by atoms with van der Waals surface area (Å²) in [6.07, 6.45) is 15.8. The number of nitrogens with one attached hydrogen (secondary N) is 2. The Morgan fingerprint density at radius 3 is 2.16 bits per heavy atom. The van der Waals surface area contributed by atoms with Gasteiger partial charge in [0.25, 0.3) is 11.8 Å². The van der Waals surface area contributed by atoms with Crippen molar-refractivity contribution in [3.05, 3.63) is 35.4 Å². The molecule has 3 aliphatic heterocycles. The summed E-state index contributed by atoms with van der Waals surface area (Å²) in [6.45, 7) is 2.41. The average molecular weight is 613 g/mol. The van der Waals surface area contributed by atoms with Crippen molar-refractivity contribution in [1.82, 2.24) is 20.4 Å². The lowest BCUT2D eigenvalue weighted by molar-refractivity contribution is -0.0307. The Bertz CT molecular complexity index is 1070. The number of fused-ring (bicyclic) bond motifs is 2. The first kappa shape index (κ1) is 31.5. The van der Waals surface area contributed by atoms with E-state index in [0.29, 0.717) is 23.6 Å². The summed E-state index contributed by atoms with van der Waals surface area (Å²) < 4.78 is 0. The summed E-state index contributed by atoms with van der Waals surface area (Å²) >= 11 is 1.76. The molecule has 6 atom stereocenters. The molecule has 3 heterocycles. The number of carbonyl (C=O) groups is 2. The van der Waals surface area contributed by atoms with Crippen LogP contribution >= 0.6 is 11.8 Å². The zero-order valence-corrected chi connectivity index (χ0v) is 26.5. The van der Waals surface area contributed by atoms with Gasteiger partial charge in [0, 0.05) is 31.6 Å². The number of thioether (sulfide) groups is 1. The highest BCUT2D eigenvalue weighted by molar-refractivity contribution is 7.99. The molecule has 1 aromatic carbocycles. The largest absolute Gasteiger partial charge is 0.390 e. The van der Waals surface area contributed by atoms with Crippen LogP contribution in [0.1, 0.15) is 111 Å². The number of likely N-dealkylation sites (tertiary alicyclic amines) is 1. The van der Waals surface area contributed by atoms with Crippen LogP contribution < -0.4 is 10.6 Å². The molecule has 2 aliphatic carbocycles. The minimum absolute atomic E-state index is 0.0140. The second-order valence-electron chi connectivity index (χ2n) is 13.8. The number of hydrogen-bond acceptors (Lipinski definition) is 8. The molecule has 4 N–H and O–H groups in total. The zero-order chi connectivity index (χ0) is 29.8. The molecule has 0 bridgehead atoms. The van der Waals surface area contributed by atoms with E-state index in [4.69, 9.17) is 0 Å². The molecule has 2 saturated carbocycles. The Kier molecular flexibility index (Phi) is 10.5. The molecule has 0 radical (unpaired) electrons. The van der Waals surface area contributed by atoms with Gasteiger partial charge in [-0.25, -0.2) is 0 Å². The number of hydrogen-bond donors (Lipinski definition) is 4. The van der Waals surface area contributed by atoms with Crippen molar-refractivity contribution in [3.63, 3.8) is 0 Å². The predicted octanol–water partition coefficient (Wildman–Crippen LogP) is 4.36. The first-order chi connectivity index (χ1) is 21.0. The average Bonchev–Trinajstić information content (AvgIpc) is 3.63. The number of aliphatic hydroxyl groups excluding tert-OH is 2. The fourth-order valence-electron chi connectivity index (χ4n) is 8.46. The molecule has 1 spiro atoms. The van der Waals surface area contributed by atoms with E-state index in [2.05, 4.69) is 15.5 Å². The molecule has 2 unspecified atom stereocenters. The van der Waals surface area contributed by atoms with E-state index in [9.17, 15) is 19.8 Å². The molecular weight excluding hydrogens is 560 g/mol. The van der Waals surface area contributed by atoms with E-state index in [1.807, 2.05) is 0 Å². The molecule has 0 aromatic heterocycles. The summed E-state index contributed by atoms with van der Waals surface area (Å²) in [5.41, 5.74) is 0.984. The maximum Gasteiger partial charge on any atom is 0.261 e. The van der Waals surface area contributed by atoms with E-state index >= 15 is 0 Å². The number of benzene rings is 1. The van der Waals surface area contributed by atoms with Gasteiger partial charge in [-0.3, -0.25) is 30.0 Å². The Balaban J connectivity index is 0.997. The van der Waals surface area contributed by atoms with Crippen molar-refractivity contribution in [3.8, 4) is 0 Å². The van der Waals surface area contributed by atoms with Crippen LogP contribution in [0.15, 0.2) is 24.3 Å². The molecule has 1 aromatic rings. The minimum Gasteiger partial charge on any atom is -0.390 e. The van der Waals surface area contributed by atoms with Gasteiger partial charge in [0.1, 0.15) is 0 Å². The highest BCUT2D eigenvalue weighted by atomic mass is 32.2. The van der Waals surface area contributed by atoms with Crippen molar-refractivity contribution in [2.75, 3.05) is 31.1 Å². The summed E-state index contributed by atoms with van der Waals surface area (Å²) in [4.78, 5) is 29.1. The van der Waals surface area contributed by atoms with Crippen molar-refractivity contribution in [2.45, 2.75) is 120 Å². The van der Waals surface area contributed by atoms with E-state index in [-0.39, 0.29) is 35.6 Å². The SMILES string of the molecule is O=C1c2ccccc2C(=O)N1CCCSC[C@H]1C[C@@H](N2CCC3CNC4(CCCCCCCCCCC4)NC32)[C@H](O)[C@@H]1O. The number of carbonyl (C=O) groups excluding carboxylic acids is 2. The van der Waals surface area contributed by atoms with Crippen LogP contribution in [0.4, 0.5) is 0 Å². The first-order valence-corrected chi connectivity index (χ1v) is 18.3. The Hall–Kier alpha value is -1.49. The molecule has 9 heteroatoms. The quantitative estimate of drug-likeness (QED) is 0.266. The van der Waals surface area contributed by atoms with Crippen LogP contribution in [0.5, 0.6) is 0 Å². The normalized spacial score (nSPS) is 33.8. The topological polar surface area (TPSA) is 105 Å². The minimum atomic E-state index is -0.730. The number of nitrogens with zero attached hydrogens (tertiary/aromatic N) is 2. The van der Waals surface area contributed by atoms with Crippen molar-refractivity contribution in [1.29, 1.82) is 0 Å². The van der Waals surface area contributed by atoms with E-state index in [0.717, 1.165) is 43.9 Å². The fraction of sp³-hybridized carbons (Fsp3) is 0.765. The van der Waals surface area contributed by atoms with Gasteiger partial charge in [0.05, 0.1) is 35.2 Å². The van der Waals surface area contributed by atoms with Crippen LogP contribution in [0, 0.1) is 11.8 Å². The molecule has 6 rings (SSSR count). The van der Waals surface area contributed by atoms with Crippen molar-refractivity contribution in [2.24, 2.45) is 11.8 Å². The fourth-order valence-corrected chi connectivity index (χ4v) is 9.60.